The lowest BCUT2D eigenvalue weighted by atomic mass is 9.68. The fraction of sp³-hybridized carbons (Fsp3) is 0.682. The number of benzene rings is 1. The number of carbonyl (C=O) groups is 1. The van der Waals surface area contributed by atoms with Gasteiger partial charge >= 0.3 is 0 Å². The van der Waals surface area contributed by atoms with Gasteiger partial charge in [0.25, 0.3) is 0 Å². The molecule has 0 unspecified atom stereocenters. The van der Waals surface area contributed by atoms with Crippen LogP contribution in [-0.2, 0) is 4.79 Å². The van der Waals surface area contributed by atoms with Gasteiger partial charge in [0.05, 0.1) is 0 Å². The minimum absolute atomic E-state index is 0.000974. The van der Waals surface area contributed by atoms with Crippen LogP contribution in [0.1, 0.15) is 83.1 Å². The van der Waals surface area contributed by atoms with Crippen LogP contribution in [0.2, 0.25) is 0 Å². The standard InChI is InChI=1S/C22H33NO/c1-3-17-4-6-18(7-5-17)19-8-10-20(11-9-19)21-12-14-22(15-13-21)23-16(2)24/h12-15,17-20H,3-11H2,1-2H3,(H,23,24)/t17-,18-,19-,20-. The molecule has 0 radical (unpaired) electrons. The topological polar surface area (TPSA) is 29.1 Å². The minimum atomic E-state index is 0.000974. The Labute approximate surface area is 147 Å². The first-order valence-electron chi connectivity index (χ1n) is 10.0. The molecule has 132 valence electrons. The fourth-order valence-electron chi connectivity index (χ4n) is 5.03. The van der Waals surface area contributed by atoms with Gasteiger partial charge < -0.3 is 5.32 Å². The molecule has 1 amide bonds. The van der Waals surface area contributed by atoms with E-state index < -0.39 is 0 Å². The van der Waals surface area contributed by atoms with E-state index in [2.05, 4.69) is 36.5 Å². The number of nitrogens with one attached hydrogen (secondary N) is 1. The molecule has 0 heterocycles. The van der Waals surface area contributed by atoms with Gasteiger partial charge in [-0.1, -0.05) is 38.3 Å². The molecular weight excluding hydrogens is 294 g/mol. The highest BCUT2D eigenvalue weighted by atomic mass is 16.1. The molecular formula is C22H33NO. The van der Waals surface area contributed by atoms with Crippen molar-refractivity contribution >= 4 is 11.6 Å². The first-order valence-corrected chi connectivity index (χ1v) is 10.0. The summed E-state index contributed by atoms with van der Waals surface area (Å²) in [4.78, 5) is 11.1. The molecule has 0 atom stereocenters. The average molecular weight is 328 g/mol. The molecule has 2 aliphatic carbocycles. The number of carbonyl (C=O) groups excluding carboxylic acids is 1. The molecule has 1 aromatic carbocycles. The zero-order valence-electron chi connectivity index (χ0n) is 15.4. The van der Waals surface area contributed by atoms with E-state index in [0.29, 0.717) is 0 Å². The molecule has 0 aliphatic heterocycles. The first-order chi connectivity index (χ1) is 11.7. The summed E-state index contributed by atoms with van der Waals surface area (Å²) >= 11 is 0. The van der Waals surface area contributed by atoms with Crippen molar-refractivity contribution in [1.29, 1.82) is 0 Å². The highest BCUT2D eigenvalue weighted by molar-refractivity contribution is 5.88. The molecule has 0 aromatic heterocycles. The summed E-state index contributed by atoms with van der Waals surface area (Å²) in [6.07, 6.45) is 12.8. The van der Waals surface area contributed by atoms with Gasteiger partial charge in [-0.2, -0.15) is 0 Å². The number of hydrogen-bond donors (Lipinski definition) is 1. The van der Waals surface area contributed by atoms with Gasteiger partial charge in [0.15, 0.2) is 0 Å². The van der Waals surface area contributed by atoms with Crippen LogP contribution in [0, 0.1) is 17.8 Å². The molecule has 3 rings (SSSR count). The molecule has 2 saturated carbocycles. The molecule has 2 fully saturated rings. The Morgan fingerprint density at radius 3 is 1.96 bits per heavy atom. The Balaban J connectivity index is 1.49. The second-order valence-electron chi connectivity index (χ2n) is 8.10. The van der Waals surface area contributed by atoms with Crippen molar-refractivity contribution in [2.24, 2.45) is 17.8 Å². The summed E-state index contributed by atoms with van der Waals surface area (Å²) in [7, 11) is 0. The van der Waals surface area contributed by atoms with E-state index in [-0.39, 0.29) is 5.91 Å². The predicted molar refractivity (Wildman–Crippen MR) is 101 cm³/mol. The van der Waals surface area contributed by atoms with Crippen LogP contribution in [0.3, 0.4) is 0 Å². The van der Waals surface area contributed by atoms with Crippen molar-refractivity contribution < 1.29 is 4.79 Å². The second kappa shape index (κ2) is 8.18. The van der Waals surface area contributed by atoms with Crippen molar-refractivity contribution in [3.05, 3.63) is 29.8 Å². The van der Waals surface area contributed by atoms with Crippen molar-refractivity contribution in [3.63, 3.8) is 0 Å². The van der Waals surface area contributed by atoms with E-state index in [0.717, 1.165) is 29.4 Å². The maximum absolute atomic E-state index is 11.1. The number of hydrogen-bond acceptors (Lipinski definition) is 1. The third kappa shape index (κ3) is 4.40. The maximum atomic E-state index is 11.1. The van der Waals surface area contributed by atoms with E-state index in [9.17, 15) is 4.79 Å². The molecule has 0 spiro atoms. The summed E-state index contributed by atoms with van der Waals surface area (Å²) < 4.78 is 0. The quantitative estimate of drug-likeness (QED) is 0.707. The van der Waals surface area contributed by atoms with Crippen molar-refractivity contribution in [2.75, 3.05) is 5.32 Å². The summed E-state index contributed by atoms with van der Waals surface area (Å²) in [5.74, 6) is 3.73. The Bertz CT molecular complexity index is 519. The van der Waals surface area contributed by atoms with Gasteiger partial charge in [0.1, 0.15) is 0 Å². The summed E-state index contributed by atoms with van der Waals surface area (Å²) in [6, 6.07) is 8.52. The van der Waals surface area contributed by atoms with Gasteiger partial charge in [-0.15, -0.1) is 0 Å². The molecule has 2 nitrogen and oxygen atoms in total. The van der Waals surface area contributed by atoms with Crippen molar-refractivity contribution in [3.8, 4) is 0 Å². The molecule has 0 bridgehead atoms. The number of amides is 1. The van der Waals surface area contributed by atoms with Crippen LogP contribution in [0.5, 0.6) is 0 Å². The summed E-state index contributed by atoms with van der Waals surface area (Å²) in [5, 5.41) is 2.85. The Hall–Kier alpha value is -1.31. The van der Waals surface area contributed by atoms with Crippen LogP contribution in [-0.4, -0.2) is 5.91 Å². The Kier molecular flexibility index (Phi) is 5.97. The zero-order valence-corrected chi connectivity index (χ0v) is 15.4. The van der Waals surface area contributed by atoms with Crippen molar-refractivity contribution in [2.45, 2.75) is 77.6 Å². The third-order valence-electron chi connectivity index (χ3n) is 6.61. The second-order valence-corrected chi connectivity index (χ2v) is 8.10. The van der Waals surface area contributed by atoms with E-state index in [1.807, 2.05) is 0 Å². The van der Waals surface area contributed by atoms with Gasteiger partial charge in [-0.25, -0.2) is 0 Å². The molecule has 0 saturated heterocycles. The lowest BCUT2D eigenvalue weighted by Crippen LogP contribution is -2.25. The third-order valence-corrected chi connectivity index (χ3v) is 6.61. The zero-order chi connectivity index (χ0) is 16.9. The van der Waals surface area contributed by atoms with Crippen LogP contribution in [0.15, 0.2) is 24.3 Å². The Morgan fingerprint density at radius 2 is 1.46 bits per heavy atom. The van der Waals surface area contributed by atoms with E-state index >= 15 is 0 Å². The number of rotatable bonds is 4. The maximum Gasteiger partial charge on any atom is 0.221 e. The van der Waals surface area contributed by atoms with Crippen LogP contribution < -0.4 is 5.32 Å². The van der Waals surface area contributed by atoms with E-state index in [1.54, 1.807) is 6.92 Å². The molecule has 24 heavy (non-hydrogen) atoms. The first kappa shape index (κ1) is 17.5. The van der Waals surface area contributed by atoms with Crippen LogP contribution >= 0.6 is 0 Å². The Morgan fingerprint density at radius 1 is 0.917 bits per heavy atom. The highest BCUT2D eigenvalue weighted by Gasteiger charge is 2.30. The normalized spacial score (nSPS) is 30.8. The monoisotopic (exact) mass is 327 g/mol. The van der Waals surface area contributed by atoms with Gasteiger partial charge in [0.2, 0.25) is 5.91 Å². The molecule has 1 aromatic rings. The van der Waals surface area contributed by atoms with Crippen molar-refractivity contribution in [1.82, 2.24) is 0 Å². The van der Waals surface area contributed by atoms with Gasteiger partial charge in [-0.05, 0) is 79.9 Å². The molecule has 2 heteroatoms. The smallest absolute Gasteiger partial charge is 0.221 e. The molecule has 2 aliphatic rings. The van der Waals surface area contributed by atoms with Gasteiger partial charge in [-0.3, -0.25) is 4.79 Å². The summed E-state index contributed by atoms with van der Waals surface area (Å²) in [6.45, 7) is 3.91. The average Bonchev–Trinajstić information content (AvgIpc) is 2.62. The highest BCUT2D eigenvalue weighted by Crippen LogP contribution is 2.44. The van der Waals surface area contributed by atoms with Crippen LogP contribution in [0.4, 0.5) is 5.69 Å². The van der Waals surface area contributed by atoms with E-state index in [4.69, 9.17) is 0 Å². The van der Waals surface area contributed by atoms with Gasteiger partial charge in [0, 0.05) is 12.6 Å². The minimum Gasteiger partial charge on any atom is -0.326 e. The summed E-state index contributed by atoms with van der Waals surface area (Å²) in [5.41, 5.74) is 2.37. The predicted octanol–water partition coefficient (Wildman–Crippen LogP) is 6.14. The fourth-order valence-corrected chi connectivity index (χ4v) is 5.03. The van der Waals surface area contributed by atoms with E-state index in [1.165, 1.54) is 63.4 Å². The largest absolute Gasteiger partial charge is 0.326 e. The number of anilines is 1. The lowest BCUT2D eigenvalue weighted by molar-refractivity contribution is -0.114. The molecule has 1 N–H and O–H groups in total. The van der Waals surface area contributed by atoms with Crippen LogP contribution in [0.25, 0.3) is 0 Å². The SMILES string of the molecule is CC[C@H]1CC[C@H]([C@H]2CC[C@H](c3ccc(NC(C)=O)cc3)CC2)CC1. The lowest BCUT2D eigenvalue weighted by Gasteiger charge is -2.38.